The molecule has 1 aliphatic heterocycles. The monoisotopic (exact) mass is 514 g/mol. The lowest BCUT2D eigenvalue weighted by Gasteiger charge is -2.27. The number of nitrogens with zero attached hydrogens (tertiary/aromatic N) is 2. The van der Waals surface area contributed by atoms with Crippen LogP contribution in [0.3, 0.4) is 0 Å². The number of aliphatic hydroxyl groups excluding tert-OH is 1. The smallest absolute Gasteiger partial charge is 0.225 e. The predicted octanol–water partition coefficient (Wildman–Crippen LogP) is 5.40. The summed E-state index contributed by atoms with van der Waals surface area (Å²) in [6, 6.07) is 11.6. The van der Waals surface area contributed by atoms with Gasteiger partial charge < -0.3 is 14.6 Å². The van der Waals surface area contributed by atoms with Gasteiger partial charge in [-0.3, -0.25) is 14.6 Å². The van der Waals surface area contributed by atoms with E-state index in [-0.39, 0.29) is 30.3 Å². The Morgan fingerprint density at radius 2 is 2.00 bits per heavy atom. The average molecular weight is 516 g/mol. The maximum atomic E-state index is 12.6. The third kappa shape index (κ3) is 6.70. The zero-order valence-corrected chi connectivity index (χ0v) is 21.8. The van der Waals surface area contributed by atoms with Crippen LogP contribution in [-0.4, -0.2) is 55.4 Å². The number of ether oxygens (including phenoxy) is 2. The molecule has 2 aromatic rings. The van der Waals surface area contributed by atoms with E-state index in [1.54, 1.807) is 36.8 Å². The minimum Gasteiger partial charge on any atom is -0.497 e. The molecular weight excluding hydrogens is 483 g/mol. The molecule has 182 valence electrons. The number of methoxy groups -OCH3 is 1. The molecule has 1 unspecified atom stereocenters. The zero-order chi connectivity index (χ0) is 23.3. The van der Waals surface area contributed by atoms with E-state index in [1.807, 2.05) is 30.3 Å². The fourth-order valence-electron chi connectivity index (χ4n) is 3.80. The summed E-state index contributed by atoms with van der Waals surface area (Å²) in [6.07, 6.45) is 0.827. The SMILES string of the molecule is COc1ccc(OCCCN(CCO)C(C)C)c(C2Sc3cc(Cl)ccc3N2C(C)=O)c1.Cl. The highest BCUT2D eigenvalue weighted by Crippen LogP contribution is 2.54. The van der Waals surface area contributed by atoms with Crippen molar-refractivity contribution in [3.8, 4) is 11.5 Å². The number of amides is 1. The molecule has 1 N–H and O–H groups in total. The molecule has 0 fully saturated rings. The summed E-state index contributed by atoms with van der Waals surface area (Å²) in [5.41, 5.74) is 1.73. The maximum absolute atomic E-state index is 12.6. The van der Waals surface area contributed by atoms with Gasteiger partial charge in [-0.1, -0.05) is 23.4 Å². The Hall–Kier alpha value is -1.64. The number of fused-ring (bicyclic) bond motifs is 1. The minimum atomic E-state index is -0.271. The van der Waals surface area contributed by atoms with Crippen molar-refractivity contribution in [2.75, 3.05) is 38.3 Å². The quantitative estimate of drug-likeness (QED) is 0.428. The Morgan fingerprint density at radius 1 is 1.24 bits per heavy atom. The molecule has 1 amide bonds. The number of thioether (sulfide) groups is 1. The van der Waals surface area contributed by atoms with Gasteiger partial charge in [-0.25, -0.2) is 0 Å². The normalized spacial score (nSPS) is 14.9. The van der Waals surface area contributed by atoms with Crippen molar-refractivity contribution in [2.24, 2.45) is 0 Å². The van der Waals surface area contributed by atoms with Gasteiger partial charge in [-0.05, 0) is 56.7 Å². The number of carbonyl (C=O) groups excluding carboxylic acids is 1. The molecule has 1 atom stereocenters. The molecule has 0 saturated carbocycles. The highest BCUT2D eigenvalue weighted by atomic mass is 35.5. The van der Waals surface area contributed by atoms with Crippen LogP contribution in [0.5, 0.6) is 11.5 Å². The van der Waals surface area contributed by atoms with Gasteiger partial charge in [0.15, 0.2) is 0 Å². The van der Waals surface area contributed by atoms with Crippen molar-refractivity contribution in [2.45, 2.75) is 43.5 Å². The Labute approximate surface area is 211 Å². The molecule has 1 aliphatic rings. The molecule has 0 aliphatic carbocycles. The third-order valence-electron chi connectivity index (χ3n) is 5.44. The molecule has 0 spiro atoms. The lowest BCUT2D eigenvalue weighted by molar-refractivity contribution is -0.116. The molecule has 2 aromatic carbocycles. The van der Waals surface area contributed by atoms with Gasteiger partial charge in [-0.2, -0.15) is 0 Å². The fourth-order valence-corrected chi connectivity index (χ4v) is 5.44. The summed E-state index contributed by atoms with van der Waals surface area (Å²) < 4.78 is 11.6. The largest absolute Gasteiger partial charge is 0.497 e. The van der Waals surface area contributed by atoms with Crippen molar-refractivity contribution in [1.29, 1.82) is 0 Å². The predicted molar refractivity (Wildman–Crippen MR) is 137 cm³/mol. The summed E-state index contributed by atoms with van der Waals surface area (Å²) >= 11 is 7.77. The Morgan fingerprint density at radius 3 is 2.64 bits per heavy atom. The molecule has 9 heteroatoms. The third-order valence-corrected chi connectivity index (χ3v) is 6.95. The van der Waals surface area contributed by atoms with Crippen molar-refractivity contribution in [3.05, 3.63) is 47.0 Å². The first-order valence-electron chi connectivity index (χ1n) is 10.8. The number of halogens is 2. The van der Waals surface area contributed by atoms with Crippen LogP contribution in [-0.2, 0) is 4.79 Å². The molecule has 1 heterocycles. The molecule has 0 aromatic heterocycles. The summed E-state index contributed by atoms with van der Waals surface area (Å²) in [5.74, 6) is 1.39. The Balaban J connectivity index is 0.00000385. The Kier molecular flexibility index (Phi) is 10.6. The number of hydrogen-bond acceptors (Lipinski definition) is 6. The minimum absolute atomic E-state index is 0. The van der Waals surface area contributed by atoms with Crippen molar-refractivity contribution in [1.82, 2.24) is 4.90 Å². The van der Waals surface area contributed by atoms with Gasteiger partial charge in [0.25, 0.3) is 0 Å². The summed E-state index contributed by atoms with van der Waals surface area (Å²) in [7, 11) is 1.63. The fraction of sp³-hybridized carbons (Fsp3) is 0.458. The van der Waals surface area contributed by atoms with Crippen LogP contribution in [0.1, 0.15) is 38.1 Å². The summed E-state index contributed by atoms with van der Waals surface area (Å²) in [6.45, 7) is 7.98. The second-order valence-electron chi connectivity index (χ2n) is 7.93. The second-order valence-corrected chi connectivity index (χ2v) is 9.49. The van der Waals surface area contributed by atoms with Crippen molar-refractivity contribution in [3.63, 3.8) is 0 Å². The number of rotatable bonds is 10. The lowest BCUT2D eigenvalue weighted by Crippen LogP contribution is -2.35. The van der Waals surface area contributed by atoms with Gasteiger partial charge in [0.1, 0.15) is 16.9 Å². The van der Waals surface area contributed by atoms with Crippen LogP contribution in [0, 0.1) is 0 Å². The number of benzene rings is 2. The van der Waals surface area contributed by atoms with E-state index in [9.17, 15) is 9.90 Å². The first kappa shape index (κ1) is 27.6. The lowest BCUT2D eigenvalue weighted by atomic mass is 10.1. The van der Waals surface area contributed by atoms with E-state index in [1.165, 1.54) is 0 Å². The zero-order valence-electron chi connectivity index (χ0n) is 19.4. The van der Waals surface area contributed by atoms with Crippen molar-refractivity contribution < 1.29 is 19.4 Å². The molecular formula is C24H32Cl2N2O4S. The average Bonchev–Trinajstić information content (AvgIpc) is 3.14. The first-order valence-corrected chi connectivity index (χ1v) is 12.0. The van der Waals surface area contributed by atoms with Crippen LogP contribution in [0.2, 0.25) is 5.02 Å². The van der Waals surface area contributed by atoms with E-state index in [0.717, 1.165) is 34.9 Å². The molecule has 0 saturated heterocycles. The number of aliphatic hydroxyl groups is 1. The van der Waals surface area contributed by atoms with E-state index in [2.05, 4.69) is 18.7 Å². The van der Waals surface area contributed by atoms with E-state index >= 15 is 0 Å². The maximum Gasteiger partial charge on any atom is 0.225 e. The van der Waals surface area contributed by atoms with E-state index < -0.39 is 0 Å². The molecule has 6 nitrogen and oxygen atoms in total. The molecule has 0 bridgehead atoms. The van der Waals surface area contributed by atoms with Gasteiger partial charge >= 0.3 is 0 Å². The van der Waals surface area contributed by atoms with E-state index in [0.29, 0.717) is 30.0 Å². The topological polar surface area (TPSA) is 62.2 Å². The molecule has 0 radical (unpaired) electrons. The molecule has 3 rings (SSSR count). The van der Waals surface area contributed by atoms with Gasteiger partial charge in [0, 0.05) is 41.5 Å². The Bertz CT molecular complexity index is 945. The highest BCUT2D eigenvalue weighted by molar-refractivity contribution is 8.00. The van der Waals surface area contributed by atoms with Crippen LogP contribution >= 0.6 is 35.8 Å². The van der Waals surface area contributed by atoms with Crippen LogP contribution in [0.4, 0.5) is 5.69 Å². The number of hydrogen-bond donors (Lipinski definition) is 1. The summed E-state index contributed by atoms with van der Waals surface area (Å²) in [5, 5.41) is 9.63. The van der Waals surface area contributed by atoms with Crippen LogP contribution < -0.4 is 14.4 Å². The number of anilines is 1. The van der Waals surface area contributed by atoms with Gasteiger partial charge in [0.05, 0.1) is 26.0 Å². The van der Waals surface area contributed by atoms with Gasteiger partial charge in [0.2, 0.25) is 5.91 Å². The second kappa shape index (κ2) is 12.7. The summed E-state index contributed by atoms with van der Waals surface area (Å²) in [4.78, 5) is 17.5. The first-order chi connectivity index (χ1) is 15.3. The number of carbonyl (C=O) groups is 1. The van der Waals surface area contributed by atoms with E-state index in [4.69, 9.17) is 21.1 Å². The van der Waals surface area contributed by atoms with Gasteiger partial charge in [-0.15, -0.1) is 12.4 Å². The standard InChI is InChI=1S/C24H31ClN2O4S.ClH/c1-16(2)26(11-12-28)10-5-13-31-22-9-7-19(30-4)15-20(22)24-27(17(3)29)21-8-6-18(25)14-23(21)32-24;/h6-9,14-16,24,28H,5,10-13H2,1-4H3;1H. The highest BCUT2D eigenvalue weighted by Gasteiger charge is 2.36. The van der Waals surface area contributed by atoms with Crippen LogP contribution in [0.15, 0.2) is 41.3 Å². The van der Waals surface area contributed by atoms with Crippen molar-refractivity contribution >= 4 is 47.4 Å². The van der Waals surface area contributed by atoms with Crippen LogP contribution in [0.25, 0.3) is 0 Å². The molecule has 33 heavy (non-hydrogen) atoms.